The maximum absolute atomic E-state index is 12.1. The molecule has 0 saturated heterocycles. The van der Waals surface area contributed by atoms with Gasteiger partial charge in [-0.1, -0.05) is 6.07 Å². The molecule has 156 valence electrons. The fourth-order valence-corrected chi connectivity index (χ4v) is 3.94. The molecule has 2 aromatic rings. The van der Waals surface area contributed by atoms with Crippen LogP contribution in [0.3, 0.4) is 0 Å². The Bertz CT molecular complexity index is 1030. The number of phenolic OH excluding ortho intramolecular Hbond substituents is 1. The molecule has 11 heteroatoms. The lowest BCUT2D eigenvalue weighted by Crippen LogP contribution is -2.29. The van der Waals surface area contributed by atoms with Gasteiger partial charge in [0.15, 0.2) is 0 Å². The maximum Gasteiger partial charge on any atom is 0.330 e. The van der Waals surface area contributed by atoms with Crippen molar-refractivity contribution in [3.63, 3.8) is 0 Å². The van der Waals surface area contributed by atoms with Crippen molar-refractivity contribution in [2.45, 2.75) is 32.7 Å². The van der Waals surface area contributed by atoms with E-state index >= 15 is 0 Å². The Morgan fingerprint density at radius 1 is 1.24 bits per heavy atom. The topological polar surface area (TPSA) is 134 Å². The molecule has 0 radical (unpaired) electrons. The normalized spacial score (nSPS) is 15.1. The Morgan fingerprint density at radius 2 is 2.03 bits per heavy atom. The van der Waals surface area contributed by atoms with E-state index in [1.54, 1.807) is 30.1 Å². The number of carbonyl (C=O) groups excluding carboxylic acids is 1. The van der Waals surface area contributed by atoms with Crippen LogP contribution in [-0.4, -0.2) is 41.0 Å². The van der Waals surface area contributed by atoms with Gasteiger partial charge in [-0.15, -0.1) is 0 Å². The van der Waals surface area contributed by atoms with Gasteiger partial charge in [-0.05, 0) is 37.5 Å². The minimum atomic E-state index is -4.01. The first-order valence-corrected chi connectivity index (χ1v) is 10.5. The Kier molecular flexibility index (Phi) is 5.97. The van der Waals surface area contributed by atoms with E-state index in [0.717, 1.165) is 22.5 Å². The fraction of sp³-hybridized carbons (Fsp3) is 0.333. The third kappa shape index (κ3) is 4.80. The first-order valence-electron chi connectivity index (χ1n) is 9.04. The van der Waals surface area contributed by atoms with Gasteiger partial charge in [-0.2, -0.15) is 13.5 Å². The highest BCUT2D eigenvalue weighted by Gasteiger charge is 2.30. The van der Waals surface area contributed by atoms with E-state index in [1.165, 1.54) is 12.1 Å². The van der Waals surface area contributed by atoms with Gasteiger partial charge in [-0.3, -0.25) is 9.48 Å². The number of hydrogen-bond acceptors (Lipinski definition) is 7. The number of unbranched alkanes of at least 4 members (excludes halogenated alkanes) is 1. The molecule has 0 unspecified atom stereocenters. The molecule has 1 aliphatic heterocycles. The number of aryl methyl sites for hydroxylation is 1. The number of aliphatic hydroxyl groups is 1. The second-order valence-electron chi connectivity index (χ2n) is 6.37. The number of hydrogen-bond donors (Lipinski definition) is 3. The third-order valence-corrected chi connectivity index (χ3v) is 5.52. The van der Waals surface area contributed by atoms with Crippen LogP contribution in [0.4, 0.5) is 5.69 Å². The molecule has 3 rings (SSSR count). The van der Waals surface area contributed by atoms with E-state index in [1.807, 2.05) is 4.72 Å². The highest BCUT2D eigenvalue weighted by Crippen LogP contribution is 2.35. The fourth-order valence-electron chi connectivity index (χ4n) is 2.88. The van der Waals surface area contributed by atoms with Crippen molar-refractivity contribution in [1.82, 2.24) is 14.5 Å². The zero-order chi connectivity index (χ0) is 21.0. The number of aromatic nitrogens is 2. The van der Waals surface area contributed by atoms with E-state index < -0.39 is 16.1 Å². The third-order valence-electron chi connectivity index (χ3n) is 4.23. The van der Waals surface area contributed by atoms with Crippen molar-refractivity contribution < 1.29 is 28.2 Å². The van der Waals surface area contributed by atoms with Gasteiger partial charge in [0.2, 0.25) is 5.88 Å². The number of aromatic hydroxyl groups is 1. The molecule has 0 fully saturated rings. The molecule has 10 nitrogen and oxygen atoms in total. The molecule has 1 aliphatic rings. The highest BCUT2D eigenvalue weighted by atomic mass is 32.2. The van der Waals surface area contributed by atoms with Crippen molar-refractivity contribution in [2.75, 3.05) is 10.9 Å². The predicted octanol–water partition coefficient (Wildman–Crippen LogP) is 2.00. The molecule has 0 aliphatic carbocycles. The van der Waals surface area contributed by atoms with Crippen molar-refractivity contribution in [3.8, 4) is 16.9 Å². The van der Waals surface area contributed by atoms with E-state index in [0.29, 0.717) is 31.6 Å². The summed E-state index contributed by atoms with van der Waals surface area (Å²) in [6.45, 7) is 2.76. The second-order valence-corrected chi connectivity index (χ2v) is 7.92. The van der Waals surface area contributed by atoms with E-state index in [2.05, 4.69) is 5.10 Å². The number of phenols is 1. The number of esters is 1. The number of ether oxygens (including phenoxy) is 1. The molecule has 1 aromatic heterocycles. The molecule has 0 saturated carbocycles. The van der Waals surface area contributed by atoms with Crippen LogP contribution in [0.2, 0.25) is 0 Å². The predicted molar refractivity (Wildman–Crippen MR) is 105 cm³/mol. The number of nitrogens with zero attached hydrogens (tertiary/aromatic N) is 3. The summed E-state index contributed by atoms with van der Waals surface area (Å²) in [4.78, 5) is 11.3. The van der Waals surface area contributed by atoms with Gasteiger partial charge >= 0.3 is 16.2 Å². The molecule has 1 aromatic carbocycles. The lowest BCUT2D eigenvalue weighted by molar-refractivity contribution is -0.143. The number of rotatable bonds is 8. The minimum absolute atomic E-state index is 0.00114. The molecule has 0 bridgehead atoms. The van der Waals surface area contributed by atoms with Gasteiger partial charge in [0.1, 0.15) is 11.4 Å². The largest absolute Gasteiger partial charge is 0.506 e. The molecule has 0 spiro atoms. The van der Waals surface area contributed by atoms with Crippen LogP contribution in [0.25, 0.3) is 11.1 Å². The first kappa shape index (κ1) is 20.5. The van der Waals surface area contributed by atoms with Crippen LogP contribution in [0, 0.1) is 0 Å². The summed E-state index contributed by atoms with van der Waals surface area (Å²) < 4.78 is 33.4. The Labute approximate surface area is 168 Å². The smallest absolute Gasteiger partial charge is 0.330 e. The summed E-state index contributed by atoms with van der Waals surface area (Å²) in [7, 11) is -4.01. The van der Waals surface area contributed by atoms with Gasteiger partial charge in [0.05, 0.1) is 19.0 Å². The van der Waals surface area contributed by atoms with Crippen LogP contribution >= 0.6 is 0 Å². The Balaban J connectivity index is 1.70. The van der Waals surface area contributed by atoms with Gasteiger partial charge < -0.3 is 14.9 Å². The quantitative estimate of drug-likeness (QED) is 0.437. The number of nitrogens with one attached hydrogen (secondary N) is 1. The maximum atomic E-state index is 12.1. The molecule has 29 heavy (non-hydrogen) atoms. The Morgan fingerprint density at radius 3 is 2.72 bits per heavy atom. The molecule has 2 heterocycles. The number of carbonyl (C=O) groups is 1. The number of anilines is 1. The molecule has 3 N–H and O–H groups in total. The van der Waals surface area contributed by atoms with E-state index in [4.69, 9.17) is 4.74 Å². The summed E-state index contributed by atoms with van der Waals surface area (Å²) in [5.41, 5.74) is 1.38. The zero-order valence-corrected chi connectivity index (χ0v) is 16.6. The van der Waals surface area contributed by atoms with Gasteiger partial charge in [0.25, 0.3) is 0 Å². The lowest BCUT2D eigenvalue weighted by Gasteiger charge is -2.16. The molecular formula is C18H22N4O6S. The molecule has 0 amide bonds. The van der Waals surface area contributed by atoms with Crippen LogP contribution in [0.1, 0.15) is 26.2 Å². The van der Waals surface area contributed by atoms with Crippen LogP contribution in [-0.2, 0) is 26.3 Å². The van der Waals surface area contributed by atoms with Crippen LogP contribution in [0.15, 0.2) is 42.7 Å². The summed E-state index contributed by atoms with van der Waals surface area (Å²) >= 11 is 0. The lowest BCUT2D eigenvalue weighted by atomic mass is 10.1. The Hall–Kier alpha value is -3.21. The van der Waals surface area contributed by atoms with Crippen LogP contribution in [0.5, 0.6) is 5.75 Å². The first-order chi connectivity index (χ1) is 13.8. The standard InChI is InChI=1S/C18H22N4O6S/c1-2-28-18(25)5-3-4-8-21-11-14(10-19-21)13-6-7-16(23)15(9-13)22-12-17(24)20-29(22,26)27/h6-7,9-12,20,23-24H,2-5,8H2,1H3. The van der Waals surface area contributed by atoms with Crippen LogP contribution < -0.4 is 9.03 Å². The van der Waals surface area contributed by atoms with E-state index in [9.17, 15) is 23.4 Å². The molecule has 0 atom stereocenters. The van der Waals surface area contributed by atoms with Gasteiger partial charge in [0, 0.05) is 24.7 Å². The second kappa shape index (κ2) is 8.43. The summed E-state index contributed by atoms with van der Waals surface area (Å²) in [5.74, 6) is -1.00. The highest BCUT2D eigenvalue weighted by molar-refractivity contribution is 7.91. The monoisotopic (exact) mass is 422 g/mol. The average molecular weight is 422 g/mol. The van der Waals surface area contributed by atoms with Gasteiger partial charge in [-0.25, -0.2) is 9.03 Å². The minimum Gasteiger partial charge on any atom is -0.506 e. The number of benzene rings is 1. The summed E-state index contributed by atoms with van der Waals surface area (Å²) in [6, 6.07) is 4.51. The summed E-state index contributed by atoms with van der Waals surface area (Å²) in [6.07, 6.45) is 6.20. The van der Waals surface area contributed by atoms with Crippen molar-refractivity contribution in [2.24, 2.45) is 0 Å². The van der Waals surface area contributed by atoms with Crippen molar-refractivity contribution >= 4 is 21.9 Å². The van der Waals surface area contributed by atoms with Crippen molar-refractivity contribution in [3.05, 3.63) is 42.7 Å². The van der Waals surface area contributed by atoms with E-state index in [-0.39, 0.29) is 17.4 Å². The summed E-state index contributed by atoms with van der Waals surface area (Å²) in [5, 5.41) is 23.8. The zero-order valence-electron chi connectivity index (χ0n) is 15.8. The number of aliphatic hydroxyl groups excluding tert-OH is 1. The average Bonchev–Trinajstić information content (AvgIpc) is 3.23. The SMILES string of the molecule is CCOC(=O)CCCCn1cc(-c2ccc(O)c(N3C=C(O)NS3(=O)=O)c2)cn1. The molecular weight excluding hydrogens is 400 g/mol. The van der Waals surface area contributed by atoms with Crippen molar-refractivity contribution in [1.29, 1.82) is 0 Å².